The van der Waals surface area contributed by atoms with Crippen LogP contribution < -0.4 is 16.0 Å². The molecule has 4 rings (SSSR count). The molecule has 0 unspecified atom stereocenters. The number of benzene rings is 2. The molecule has 2 heterocycles. The first-order valence-corrected chi connectivity index (χ1v) is 8.21. The summed E-state index contributed by atoms with van der Waals surface area (Å²) in [5.74, 6) is -1.26. The molecule has 1 aliphatic heterocycles. The van der Waals surface area contributed by atoms with E-state index in [4.69, 9.17) is 4.42 Å². The SMILES string of the molecule is CC1(C)C(=O)Nc2ccccc2N1C(=O)Cn1c(=O)oc2ccccc21. The van der Waals surface area contributed by atoms with Crippen molar-refractivity contribution in [3.8, 4) is 0 Å². The highest BCUT2D eigenvalue weighted by atomic mass is 16.4. The second-order valence-electron chi connectivity index (χ2n) is 6.68. The molecule has 132 valence electrons. The second kappa shape index (κ2) is 5.59. The first-order chi connectivity index (χ1) is 12.4. The maximum atomic E-state index is 13.1. The Morgan fingerprint density at radius 1 is 1.08 bits per heavy atom. The van der Waals surface area contributed by atoms with Crippen LogP contribution in [0.5, 0.6) is 0 Å². The van der Waals surface area contributed by atoms with Crippen molar-refractivity contribution in [2.75, 3.05) is 10.2 Å². The zero-order valence-corrected chi connectivity index (χ0v) is 14.4. The number of nitrogens with one attached hydrogen (secondary N) is 1. The fourth-order valence-electron chi connectivity index (χ4n) is 3.27. The van der Waals surface area contributed by atoms with Crippen LogP contribution >= 0.6 is 0 Å². The second-order valence-corrected chi connectivity index (χ2v) is 6.68. The molecule has 0 atom stereocenters. The van der Waals surface area contributed by atoms with Crippen molar-refractivity contribution in [2.45, 2.75) is 25.9 Å². The van der Waals surface area contributed by atoms with Gasteiger partial charge in [-0.3, -0.25) is 19.1 Å². The molecule has 7 heteroatoms. The van der Waals surface area contributed by atoms with Crippen LogP contribution in [0.1, 0.15) is 13.8 Å². The third-order valence-corrected chi connectivity index (χ3v) is 4.62. The molecule has 0 fully saturated rings. The van der Waals surface area contributed by atoms with E-state index in [9.17, 15) is 14.4 Å². The van der Waals surface area contributed by atoms with Crippen molar-refractivity contribution in [3.05, 3.63) is 59.1 Å². The molecule has 26 heavy (non-hydrogen) atoms. The quantitative estimate of drug-likeness (QED) is 0.768. The summed E-state index contributed by atoms with van der Waals surface area (Å²) in [6.45, 7) is 3.12. The maximum absolute atomic E-state index is 13.1. The minimum Gasteiger partial charge on any atom is -0.408 e. The molecule has 1 aliphatic rings. The number of oxazole rings is 1. The van der Waals surface area contributed by atoms with Gasteiger partial charge < -0.3 is 9.73 Å². The Hall–Kier alpha value is -3.35. The number of carbonyl (C=O) groups is 2. The van der Waals surface area contributed by atoms with E-state index >= 15 is 0 Å². The molecule has 0 radical (unpaired) electrons. The number of fused-ring (bicyclic) bond motifs is 2. The Morgan fingerprint density at radius 2 is 1.77 bits per heavy atom. The standard InChI is InChI=1S/C19H17N3O4/c1-19(2)17(24)20-12-7-3-4-8-13(12)22(19)16(23)11-21-14-9-5-6-10-15(14)26-18(21)25/h3-10H,11H2,1-2H3,(H,20,24). The van der Waals surface area contributed by atoms with Crippen molar-refractivity contribution in [1.29, 1.82) is 0 Å². The maximum Gasteiger partial charge on any atom is 0.420 e. The predicted octanol–water partition coefficient (Wildman–Crippen LogP) is 2.36. The molecule has 0 spiro atoms. The van der Waals surface area contributed by atoms with Gasteiger partial charge in [0, 0.05) is 0 Å². The molecule has 3 aromatic rings. The van der Waals surface area contributed by atoms with Gasteiger partial charge in [0.2, 0.25) is 11.8 Å². The lowest BCUT2D eigenvalue weighted by atomic mass is 9.96. The van der Waals surface area contributed by atoms with Crippen LogP contribution in [0, 0.1) is 0 Å². The van der Waals surface area contributed by atoms with Gasteiger partial charge in [-0.1, -0.05) is 24.3 Å². The Morgan fingerprint density at radius 3 is 2.58 bits per heavy atom. The lowest BCUT2D eigenvalue weighted by Crippen LogP contribution is -2.59. The van der Waals surface area contributed by atoms with E-state index in [0.717, 1.165) is 0 Å². The van der Waals surface area contributed by atoms with Gasteiger partial charge >= 0.3 is 5.76 Å². The van der Waals surface area contributed by atoms with E-state index in [-0.39, 0.29) is 18.4 Å². The molecule has 2 amide bonds. The van der Waals surface area contributed by atoms with E-state index in [1.165, 1.54) is 9.47 Å². The molecule has 0 saturated carbocycles. The molecule has 0 bridgehead atoms. The highest BCUT2D eigenvalue weighted by molar-refractivity contribution is 6.14. The number of nitrogens with zero attached hydrogens (tertiary/aromatic N) is 2. The number of para-hydroxylation sites is 4. The Kier molecular flexibility index (Phi) is 3.47. The lowest BCUT2D eigenvalue weighted by molar-refractivity contribution is -0.126. The molecule has 0 aliphatic carbocycles. The number of aromatic nitrogens is 1. The molecular formula is C19H17N3O4. The van der Waals surface area contributed by atoms with Crippen LogP contribution in [0.4, 0.5) is 11.4 Å². The van der Waals surface area contributed by atoms with Crippen molar-refractivity contribution in [3.63, 3.8) is 0 Å². The Bertz CT molecular complexity index is 1090. The van der Waals surface area contributed by atoms with Crippen LogP contribution in [0.3, 0.4) is 0 Å². The summed E-state index contributed by atoms with van der Waals surface area (Å²) in [7, 11) is 0. The van der Waals surface area contributed by atoms with Crippen molar-refractivity contribution >= 4 is 34.3 Å². The van der Waals surface area contributed by atoms with Gasteiger partial charge in [-0.05, 0) is 38.1 Å². The summed E-state index contributed by atoms with van der Waals surface area (Å²) >= 11 is 0. The summed E-state index contributed by atoms with van der Waals surface area (Å²) in [4.78, 5) is 39.2. The first kappa shape index (κ1) is 16.1. The largest absolute Gasteiger partial charge is 0.420 e. The van der Waals surface area contributed by atoms with Gasteiger partial charge in [0.25, 0.3) is 0 Å². The molecule has 1 N–H and O–H groups in total. The number of carbonyl (C=O) groups excluding carboxylic acids is 2. The third kappa shape index (κ3) is 2.32. The zero-order valence-electron chi connectivity index (χ0n) is 14.4. The number of rotatable bonds is 2. The Labute approximate surface area is 148 Å². The average molecular weight is 351 g/mol. The van der Waals surface area contributed by atoms with E-state index < -0.39 is 11.3 Å². The van der Waals surface area contributed by atoms with Crippen molar-refractivity contribution in [1.82, 2.24) is 4.57 Å². The molecular weight excluding hydrogens is 334 g/mol. The monoisotopic (exact) mass is 351 g/mol. The van der Waals surface area contributed by atoms with Crippen LogP contribution in [0.2, 0.25) is 0 Å². The predicted molar refractivity (Wildman–Crippen MR) is 97.1 cm³/mol. The van der Waals surface area contributed by atoms with Gasteiger partial charge in [-0.15, -0.1) is 0 Å². The number of hydrogen-bond acceptors (Lipinski definition) is 4. The van der Waals surface area contributed by atoms with Crippen LogP contribution in [-0.4, -0.2) is 21.9 Å². The molecule has 2 aromatic carbocycles. The van der Waals surface area contributed by atoms with Crippen LogP contribution in [0.15, 0.2) is 57.7 Å². The van der Waals surface area contributed by atoms with Gasteiger partial charge in [0.15, 0.2) is 5.58 Å². The zero-order chi connectivity index (χ0) is 18.5. The van der Waals surface area contributed by atoms with E-state index in [1.54, 1.807) is 62.4 Å². The minimum atomic E-state index is -1.09. The van der Waals surface area contributed by atoms with Gasteiger partial charge in [0.05, 0.1) is 16.9 Å². The summed E-state index contributed by atoms with van der Waals surface area (Å²) in [6, 6.07) is 14.0. The van der Waals surface area contributed by atoms with Crippen LogP contribution in [0.25, 0.3) is 11.1 Å². The smallest absolute Gasteiger partial charge is 0.408 e. The topological polar surface area (TPSA) is 84.5 Å². The molecule has 7 nitrogen and oxygen atoms in total. The van der Waals surface area contributed by atoms with Gasteiger partial charge in [-0.25, -0.2) is 4.79 Å². The van der Waals surface area contributed by atoms with E-state index in [1.807, 2.05) is 0 Å². The third-order valence-electron chi connectivity index (χ3n) is 4.62. The number of amides is 2. The van der Waals surface area contributed by atoms with Gasteiger partial charge in [0.1, 0.15) is 12.1 Å². The summed E-state index contributed by atoms with van der Waals surface area (Å²) in [5.41, 5.74) is 1.03. The number of hydrogen-bond donors (Lipinski definition) is 1. The fraction of sp³-hybridized carbons (Fsp3) is 0.211. The van der Waals surface area contributed by atoms with Crippen molar-refractivity contribution in [2.24, 2.45) is 0 Å². The average Bonchev–Trinajstić information content (AvgIpc) is 2.91. The summed E-state index contributed by atoms with van der Waals surface area (Å²) in [6.07, 6.45) is 0. The van der Waals surface area contributed by atoms with E-state index in [0.29, 0.717) is 22.5 Å². The van der Waals surface area contributed by atoms with Crippen LogP contribution in [-0.2, 0) is 16.1 Å². The molecule has 1 aromatic heterocycles. The summed E-state index contributed by atoms with van der Waals surface area (Å²) in [5, 5.41) is 2.82. The first-order valence-electron chi connectivity index (χ1n) is 8.21. The highest BCUT2D eigenvalue weighted by Crippen LogP contribution is 2.36. The Balaban J connectivity index is 1.79. The normalized spacial score (nSPS) is 15.6. The molecule has 0 saturated heterocycles. The lowest BCUT2D eigenvalue weighted by Gasteiger charge is -2.42. The van der Waals surface area contributed by atoms with Gasteiger partial charge in [-0.2, -0.15) is 0 Å². The number of anilines is 2. The highest BCUT2D eigenvalue weighted by Gasteiger charge is 2.43. The minimum absolute atomic E-state index is 0.221. The van der Waals surface area contributed by atoms with E-state index in [2.05, 4.69) is 5.32 Å². The van der Waals surface area contributed by atoms with Crippen molar-refractivity contribution < 1.29 is 14.0 Å². The fourth-order valence-corrected chi connectivity index (χ4v) is 3.27. The summed E-state index contributed by atoms with van der Waals surface area (Å²) < 4.78 is 6.47.